The first kappa shape index (κ1) is 24.8. The SMILES string of the molecule is CNC(C)(C)C(=O)N[C@H](COCc1ccccc1)C1NN=C2C=CC(OCCCCO)=CN21. The smallest absolute Gasteiger partial charge is 0.240 e. The highest BCUT2D eigenvalue weighted by molar-refractivity contribution is 5.96. The van der Waals surface area contributed by atoms with Gasteiger partial charge in [-0.25, -0.2) is 0 Å². The van der Waals surface area contributed by atoms with Crippen molar-refractivity contribution in [3.05, 3.63) is 60.0 Å². The molecule has 0 radical (unpaired) electrons. The van der Waals surface area contributed by atoms with Crippen molar-refractivity contribution in [1.29, 1.82) is 0 Å². The summed E-state index contributed by atoms with van der Waals surface area (Å²) in [5, 5.41) is 19.5. The topological polar surface area (TPSA) is 107 Å². The van der Waals surface area contributed by atoms with Gasteiger partial charge in [0.25, 0.3) is 0 Å². The van der Waals surface area contributed by atoms with Crippen LogP contribution in [0.4, 0.5) is 0 Å². The Hall–Kier alpha value is -2.88. The number of amidine groups is 1. The van der Waals surface area contributed by atoms with Crippen LogP contribution in [-0.4, -0.2) is 66.4 Å². The zero-order valence-electron chi connectivity index (χ0n) is 19.6. The average Bonchev–Trinajstić information content (AvgIpc) is 3.25. The molecule has 3 rings (SSSR count). The summed E-state index contributed by atoms with van der Waals surface area (Å²) in [6, 6.07) is 9.54. The molecular weight excluding hydrogens is 422 g/mol. The van der Waals surface area contributed by atoms with Gasteiger partial charge in [0, 0.05) is 12.8 Å². The molecule has 180 valence electrons. The molecular formula is C24H35N5O4. The zero-order valence-corrected chi connectivity index (χ0v) is 19.6. The second-order valence-electron chi connectivity index (χ2n) is 8.55. The van der Waals surface area contributed by atoms with Gasteiger partial charge in [-0.3, -0.25) is 10.2 Å². The van der Waals surface area contributed by atoms with Crippen LogP contribution in [0, 0.1) is 0 Å². The van der Waals surface area contributed by atoms with Gasteiger partial charge in [-0.15, -0.1) is 0 Å². The summed E-state index contributed by atoms with van der Waals surface area (Å²) in [7, 11) is 1.76. The third-order valence-corrected chi connectivity index (χ3v) is 5.66. The van der Waals surface area contributed by atoms with Gasteiger partial charge in [-0.05, 0) is 51.5 Å². The van der Waals surface area contributed by atoms with Crippen LogP contribution in [-0.2, 0) is 20.9 Å². The van der Waals surface area contributed by atoms with Crippen molar-refractivity contribution in [3.63, 3.8) is 0 Å². The second-order valence-corrected chi connectivity index (χ2v) is 8.55. The Kier molecular flexibility index (Phi) is 8.87. The molecule has 0 aromatic heterocycles. The van der Waals surface area contributed by atoms with E-state index in [-0.39, 0.29) is 24.7 Å². The van der Waals surface area contributed by atoms with Crippen molar-refractivity contribution in [2.75, 3.05) is 26.9 Å². The molecule has 0 bridgehead atoms. The fraction of sp³-hybridized carbons (Fsp3) is 0.500. The summed E-state index contributed by atoms with van der Waals surface area (Å²) < 4.78 is 11.8. The van der Waals surface area contributed by atoms with Gasteiger partial charge in [-0.1, -0.05) is 30.3 Å². The van der Waals surface area contributed by atoms with E-state index in [2.05, 4.69) is 21.2 Å². The Morgan fingerprint density at radius 1 is 1.27 bits per heavy atom. The summed E-state index contributed by atoms with van der Waals surface area (Å²) in [6.45, 7) is 5.07. The van der Waals surface area contributed by atoms with E-state index in [1.807, 2.05) is 67.4 Å². The van der Waals surface area contributed by atoms with Crippen LogP contribution in [0.3, 0.4) is 0 Å². The van der Waals surface area contributed by atoms with E-state index in [9.17, 15) is 4.79 Å². The molecule has 33 heavy (non-hydrogen) atoms. The Morgan fingerprint density at radius 2 is 2.06 bits per heavy atom. The number of ether oxygens (including phenoxy) is 2. The summed E-state index contributed by atoms with van der Waals surface area (Å²) >= 11 is 0. The molecule has 9 nitrogen and oxygen atoms in total. The molecule has 0 aliphatic carbocycles. The molecule has 0 spiro atoms. The maximum Gasteiger partial charge on any atom is 0.240 e. The number of carbonyl (C=O) groups is 1. The predicted octanol–water partition coefficient (Wildman–Crippen LogP) is 1.43. The first-order chi connectivity index (χ1) is 15.9. The van der Waals surface area contributed by atoms with E-state index in [1.54, 1.807) is 7.05 Å². The lowest BCUT2D eigenvalue weighted by atomic mass is 10.0. The minimum absolute atomic E-state index is 0.134. The van der Waals surface area contributed by atoms with Gasteiger partial charge < -0.3 is 30.1 Å². The number of amides is 1. The quantitative estimate of drug-likeness (QED) is 0.332. The number of hydrogen-bond acceptors (Lipinski definition) is 8. The number of allylic oxidation sites excluding steroid dienone is 1. The van der Waals surface area contributed by atoms with Crippen LogP contribution in [0.2, 0.25) is 0 Å². The molecule has 9 heteroatoms. The fourth-order valence-electron chi connectivity index (χ4n) is 3.33. The Balaban J connectivity index is 1.69. The minimum atomic E-state index is -0.738. The molecule has 0 fully saturated rings. The van der Waals surface area contributed by atoms with Gasteiger partial charge >= 0.3 is 0 Å². The Bertz CT molecular complexity index is 869. The van der Waals surface area contributed by atoms with Crippen molar-refractivity contribution in [2.24, 2.45) is 5.10 Å². The molecule has 1 amide bonds. The van der Waals surface area contributed by atoms with Gasteiger partial charge in [0.05, 0.1) is 31.4 Å². The number of hydrogen-bond donors (Lipinski definition) is 4. The van der Waals surface area contributed by atoms with Gasteiger partial charge in [-0.2, -0.15) is 5.10 Å². The highest BCUT2D eigenvalue weighted by Crippen LogP contribution is 2.20. The van der Waals surface area contributed by atoms with Crippen LogP contribution in [0.25, 0.3) is 0 Å². The lowest BCUT2D eigenvalue weighted by Gasteiger charge is -2.34. The van der Waals surface area contributed by atoms with E-state index in [1.165, 1.54) is 0 Å². The molecule has 2 aliphatic heterocycles. The van der Waals surface area contributed by atoms with Crippen molar-refractivity contribution >= 4 is 11.7 Å². The van der Waals surface area contributed by atoms with E-state index >= 15 is 0 Å². The lowest BCUT2D eigenvalue weighted by Crippen LogP contribution is -2.61. The first-order valence-corrected chi connectivity index (χ1v) is 11.3. The third-order valence-electron chi connectivity index (χ3n) is 5.66. The van der Waals surface area contributed by atoms with Crippen molar-refractivity contribution in [1.82, 2.24) is 21.0 Å². The molecule has 2 aliphatic rings. The summed E-state index contributed by atoms with van der Waals surface area (Å²) in [5.74, 6) is 1.30. The number of hydrazone groups is 1. The number of carbonyl (C=O) groups excluding carboxylic acids is 1. The fourth-order valence-corrected chi connectivity index (χ4v) is 3.33. The van der Waals surface area contributed by atoms with Crippen LogP contribution >= 0.6 is 0 Å². The number of unbranched alkanes of at least 4 members (excludes halogenated alkanes) is 1. The number of rotatable bonds is 13. The van der Waals surface area contributed by atoms with E-state index in [0.717, 1.165) is 17.8 Å². The van der Waals surface area contributed by atoms with Gasteiger partial charge in [0.1, 0.15) is 11.9 Å². The maximum absolute atomic E-state index is 12.9. The van der Waals surface area contributed by atoms with Crippen molar-refractivity contribution in [3.8, 4) is 0 Å². The molecule has 1 unspecified atom stereocenters. The Labute approximate surface area is 195 Å². The van der Waals surface area contributed by atoms with E-state index < -0.39 is 5.54 Å². The lowest BCUT2D eigenvalue weighted by molar-refractivity contribution is -0.128. The maximum atomic E-state index is 12.9. The molecule has 2 atom stereocenters. The number of likely N-dealkylation sites (N-methyl/N-ethyl adjacent to an activating group) is 1. The average molecular weight is 458 g/mol. The molecule has 0 saturated carbocycles. The van der Waals surface area contributed by atoms with Gasteiger partial charge in [0.2, 0.25) is 5.91 Å². The molecule has 4 N–H and O–H groups in total. The minimum Gasteiger partial charge on any atom is -0.492 e. The number of fused-ring (bicyclic) bond motifs is 1. The Morgan fingerprint density at radius 3 is 2.79 bits per heavy atom. The predicted molar refractivity (Wildman–Crippen MR) is 127 cm³/mol. The monoisotopic (exact) mass is 457 g/mol. The van der Waals surface area contributed by atoms with Crippen LogP contribution in [0.5, 0.6) is 0 Å². The van der Waals surface area contributed by atoms with Crippen molar-refractivity contribution < 1.29 is 19.4 Å². The summed E-state index contributed by atoms with van der Waals surface area (Å²) in [4.78, 5) is 14.9. The van der Waals surface area contributed by atoms with Crippen LogP contribution in [0.15, 0.2) is 59.5 Å². The normalized spacial score (nSPS) is 18.2. The standard InChI is InChI=1S/C24H35N5O4/c1-24(2,25-3)23(31)26-20(17-32-16-18-9-5-4-6-10-18)22-28-27-21-12-11-19(15-29(21)22)33-14-8-7-13-30/h4-6,9-12,15,20,22,25,28,30H,7-8,13-14,16-17H2,1-3H3,(H,26,31)/t20-,22?/m1/s1. The molecule has 1 aromatic rings. The third kappa shape index (κ3) is 6.80. The van der Waals surface area contributed by atoms with E-state index in [4.69, 9.17) is 14.6 Å². The van der Waals surface area contributed by atoms with E-state index in [0.29, 0.717) is 32.0 Å². The number of nitrogens with zero attached hydrogens (tertiary/aromatic N) is 2. The number of benzene rings is 1. The molecule has 0 saturated heterocycles. The highest BCUT2D eigenvalue weighted by atomic mass is 16.5. The van der Waals surface area contributed by atoms with Crippen LogP contribution < -0.4 is 16.1 Å². The van der Waals surface area contributed by atoms with Crippen molar-refractivity contribution in [2.45, 2.75) is 51.0 Å². The summed E-state index contributed by atoms with van der Waals surface area (Å²) in [6.07, 6.45) is 6.74. The summed E-state index contributed by atoms with van der Waals surface area (Å²) in [5.41, 5.74) is 3.46. The molecule has 1 aromatic carbocycles. The molecule has 2 heterocycles. The van der Waals surface area contributed by atoms with Gasteiger partial charge in [0.15, 0.2) is 5.84 Å². The second kappa shape index (κ2) is 11.8. The largest absolute Gasteiger partial charge is 0.492 e. The highest BCUT2D eigenvalue weighted by Gasteiger charge is 2.37. The zero-order chi connectivity index (χ0) is 23.7. The number of aliphatic hydroxyl groups excluding tert-OH is 1. The van der Waals surface area contributed by atoms with Crippen LogP contribution in [0.1, 0.15) is 32.3 Å². The number of aliphatic hydroxyl groups is 1. The number of nitrogens with one attached hydrogen (secondary N) is 3. The first-order valence-electron chi connectivity index (χ1n) is 11.3.